The zero-order chi connectivity index (χ0) is 15.3. The highest BCUT2D eigenvalue weighted by molar-refractivity contribution is 7.12. The van der Waals surface area contributed by atoms with Gasteiger partial charge in [-0.05, 0) is 24.3 Å². The van der Waals surface area contributed by atoms with E-state index in [0.717, 1.165) is 25.7 Å². The van der Waals surface area contributed by atoms with E-state index >= 15 is 0 Å². The van der Waals surface area contributed by atoms with Gasteiger partial charge in [-0.3, -0.25) is 9.59 Å². The number of carbonyl (C=O) groups is 2. The normalized spacial score (nSPS) is 17.8. The van der Waals surface area contributed by atoms with E-state index in [1.165, 1.54) is 18.4 Å². The molecule has 1 aliphatic carbocycles. The number of rotatable bonds is 5. The number of hydrogen-bond donors (Lipinski definition) is 2. The molecule has 21 heavy (non-hydrogen) atoms. The first kappa shape index (κ1) is 15.8. The van der Waals surface area contributed by atoms with E-state index in [1.807, 2.05) is 0 Å². The van der Waals surface area contributed by atoms with Crippen molar-refractivity contribution in [3.8, 4) is 5.75 Å². The lowest BCUT2D eigenvalue weighted by atomic mass is 9.80. The molecule has 0 radical (unpaired) electrons. The fraction of sp³-hybridized carbons (Fsp3) is 0.600. The summed E-state index contributed by atoms with van der Waals surface area (Å²) in [5.74, 6) is -0.530. The number of hydrogen-bond acceptors (Lipinski definition) is 4. The first-order chi connectivity index (χ1) is 10.1. The monoisotopic (exact) mass is 311 g/mol. The van der Waals surface area contributed by atoms with Crippen LogP contribution in [0.4, 0.5) is 0 Å². The molecule has 0 aromatic carbocycles. The van der Waals surface area contributed by atoms with Crippen LogP contribution in [0, 0.1) is 5.41 Å². The molecule has 116 valence electrons. The van der Waals surface area contributed by atoms with Gasteiger partial charge in [-0.1, -0.05) is 25.7 Å². The molecule has 1 aromatic heterocycles. The van der Waals surface area contributed by atoms with Crippen molar-refractivity contribution in [1.82, 2.24) is 5.32 Å². The average Bonchev–Trinajstić information content (AvgIpc) is 2.82. The van der Waals surface area contributed by atoms with E-state index < -0.39 is 11.4 Å². The predicted molar refractivity (Wildman–Crippen MR) is 81.0 cm³/mol. The molecule has 0 unspecified atom stereocenters. The van der Waals surface area contributed by atoms with Crippen molar-refractivity contribution in [2.24, 2.45) is 5.41 Å². The Bertz CT molecular complexity index is 504. The summed E-state index contributed by atoms with van der Waals surface area (Å²) in [6, 6.07) is 1.73. The van der Waals surface area contributed by atoms with Crippen LogP contribution in [-0.2, 0) is 4.79 Å². The number of ether oxygens (including phenoxy) is 1. The van der Waals surface area contributed by atoms with Gasteiger partial charge in [0.1, 0.15) is 10.6 Å². The summed E-state index contributed by atoms with van der Waals surface area (Å²) in [7, 11) is 1.52. The smallest absolute Gasteiger partial charge is 0.311 e. The first-order valence-corrected chi connectivity index (χ1v) is 8.10. The van der Waals surface area contributed by atoms with Gasteiger partial charge in [-0.15, -0.1) is 11.3 Å². The Morgan fingerprint density at radius 3 is 2.57 bits per heavy atom. The average molecular weight is 311 g/mol. The maximum Gasteiger partial charge on any atom is 0.311 e. The number of carboxylic acids is 1. The highest BCUT2D eigenvalue weighted by Crippen LogP contribution is 2.35. The minimum Gasteiger partial charge on any atom is -0.495 e. The summed E-state index contributed by atoms with van der Waals surface area (Å²) in [5.41, 5.74) is -0.823. The van der Waals surface area contributed by atoms with Gasteiger partial charge in [0.05, 0.1) is 12.5 Å². The number of methoxy groups -OCH3 is 1. The second-order valence-corrected chi connectivity index (χ2v) is 6.42. The van der Waals surface area contributed by atoms with Gasteiger partial charge in [-0.2, -0.15) is 0 Å². The summed E-state index contributed by atoms with van der Waals surface area (Å²) in [6.45, 7) is 0.183. The SMILES string of the molecule is COc1ccsc1C(=O)NCC1(C(=O)O)CCCCCC1. The minimum atomic E-state index is -0.823. The van der Waals surface area contributed by atoms with Crippen molar-refractivity contribution in [2.45, 2.75) is 38.5 Å². The van der Waals surface area contributed by atoms with Gasteiger partial charge in [0.25, 0.3) is 5.91 Å². The molecule has 0 spiro atoms. The van der Waals surface area contributed by atoms with E-state index in [-0.39, 0.29) is 12.5 Å². The third-order valence-corrected chi connectivity index (χ3v) is 5.05. The Hall–Kier alpha value is -1.56. The highest BCUT2D eigenvalue weighted by atomic mass is 32.1. The molecule has 0 bridgehead atoms. The minimum absolute atomic E-state index is 0.183. The van der Waals surface area contributed by atoms with E-state index in [1.54, 1.807) is 11.4 Å². The van der Waals surface area contributed by atoms with Crippen LogP contribution in [0.3, 0.4) is 0 Å². The van der Waals surface area contributed by atoms with Crippen LogP contribution in [0.2, 0.25) is 0 Å². The molecule has 1 saturated carbocycles. The predicted octanol–water partition coefficient (Wildman–Crippen LogP) is 2.91. The summed E-state index contributed by atoms with van der Waals surface area (Å²) < 4.78 is 5.12. The van der Waals surface area contributed by atoms with Crippen LogP contribution in [0.25, 0.3) is 0 Å². The number of thiophene rings is 1. The highest BCUT2D eigenvalue weighted by Gasteiger charge is 2.39. The molecule has 0 saturated heterocycles. The summed E-state index contributed by atoms with van der Waals surface area (Å²) >= 11 is 1.30. The Kier molecular flexibility index (Phi) is 5.22. The molecule has 0 atom stereocenters. The molecule has 1 amide bonds. The topological polar surface area (TPSA) is 75.6 Å². The van der Waals surface area contributed by atoms with E-state index in [9.17, 15) is 14.7 Å². The number of carboxylic acid groups (broad SMARTS) is 1. The van der Waals surface area contributed by atoms with Crippen molar-refractivity contribution in [3.63, 3.8) is 0 Å². The largest absolute Gasteiger partial charge is 0.495 e. The second kappa shape index (κ2) is 6.93. The molecule has 1 heterocycles. The fourth-order valence-electron chi connectivity index (χ4n) is 2.83. The van der Waals surface area contributed by atoms with Crippen LogP contribution in [0.5, 0.6) is 5.75 Å². The van der Waals surface area contributed by atoms with Crippen molar-refractivity contribution in [2.75, 3.05) is 13.7 Å². The lowest BCUT2D eigenvalue weighted by Crippen LogP contribution is -2.42. The summed E-state index contributed by atoms with van der Waals surface area (Å²) in [6.07, 6.45) is 5.22. The number of nitrogens with one attached hydrogen (secondary N) is 1. The van der Waals surface area contributed by atoms with Crippen LogP contribution in [0.15, 0.2) is 11.4 Å². The van der Waals surface area contributed by atoms with Crippen LogP contribution >= 0.6 is 11.3 Å². The third kappa shape index (κ3) is 3.56. The van der Waals surface area contributed by atoms with Gasteiger partial charge in [-0.25, -0.2) is 0 Å². The molecule has 2 N–H and O–H groups in total. The Morgan fingerprint density at radius 2 is 2.00 bits per heavy atom. The van der Waals surface area contributed by atoms with Gasteiger partial charge < -0.3 is 15.2 Å². The zero-order valence-electron chi connectivity index (χ0n) is 12.2. The van der Waals surface area contributed by atoms with Crippen LogP contribution in [-0.4, -0.2) is 30.6 Å². The van der Waals surface area contributed by atoms with Gasteiger partial charge in [0, 0.05) is 6.54 Å². The van der Waals surface area contributed by atoms with E-state index in [0.29, 0.717) is 23.5 Å². The third-order valence-electron chi connectivity index (χ3n) is 4.16. The van der Waals surface area contributed by atoms with Crippen LogP contribution < -0.4 is 10.1 Å². The molecule has 1 fully saturated rings. The van der Waals surface area contributed by atoms with Crippen molar-refractivity contribution < 1.29 is 19.4 Å². The van der Waals surface area contributed by atoms with E-state index in [4.69, 9.17) is 4.74 Å². The molecule has 0 aliphatic heterocycles. The van der Waals surface area contributed by atoms with E-state index in [2.05, 4.69) is 5.32 Å². The van der Waals surface area contributed by atoms with Crippen molar-refractivity contribution >= 4 is 23.2 Å². The molecule has 5 nitrogen and oxygen atoms in total. The van der Waals surface area contributed by atoms with Crippen molar-refractivity contribution in [1.29, 1.82) is 0 Å². The quantitative estimate of drug-likeness (QED) is 0.820. The molecule has 1 aliphatic rings. The van der Waals surface area contributed by atoms with Crippen molar-refractivity contribution in [3.05, 3.63) is 16.3 Å². The lowest BCUT2D eigenvalue weighted by molar-refractivity contribution is -0.149. The molecular weight excluding hydrogens is 290 g/mol. The molecular formula is C15H21NO4S. The molecule has 1 aromatic rings. The van der Waals surface area contributed by atoms with Gasteiger partial charge in [0.2, 0.25) is 0 Å². The molecule has 6 heteroatoms. The van der Waals surface area contributed by atoms with Gasteiger partial charge in [0.15, 0.2) is 0 Å². The zero-order valence-corrected chi connectivity index (χ0v) is 13.0. The number of carbonyl (C=O) groups excluding carboxylic acids is 1. The standard InChI is InChI=1S/C15H21NO4S/c1-20-11-6-9-21-12(11)13(17)16-10-15(14(18)19)7-4-2-3-5-8-15/h6,9H,2-5,7-8,10H2,1H3,(H,16,17)(H,18,19). The van der Waals surface area contributed by atoms with Crippen LogP contribution in [0.1, 0.15) is 48.2 Å². The molecule has 2 rings (SSSR count). The fourth-order valence-corrected chi connectivity index (χ4v) is 3.60. The number of amides is 1. The summed E-state index contributed by atoms with van der Waals surface area (Å²) in [4.78, 5) is 24.4. The Labute approximate surface area is 128 Å². The maximum atomic E-state index is 12.2. The Morgan fingerprint density at radius 1 is 1.33 bits per heavy atom. The van der Waals surface area contributed by atoms with Gasteiger partial charge >= 0.3 is 5.97 Å². The second-order valence-electron chi connectivity index (χ2n) is 5.50. The number of aliphatic carboxylic acids is 1. The summed E-state index contributed by atoms with van der Waals surface area (Å²) in [5, 5.41) is 14.2. The lowest BCUT2D eigenvalue weighted by Gasteiger charge is -2.28. The Balaban J connectivity index is 2.05. The first-order valence-electron chi connectivity index (χ1n) is 7.22. The maximum absolute atomic E-state index is 12.2.